The van der Waals surface area contributed by atoms with E-state index in [1.165, 1.54) is 5.56 Å². The number of aromatic nitrogens is 5. The first-order valence-electron chi connectivity index (χ1n) is 10.8. The second-order valence-corrected chi connectivity index (χ2v) is 8.97. The SMILES string of the molecule is O=C(NCc1nnc(SCC2CCCO2)n1Cc1ccccc1)c1n[nH]c2c1CCC2. The highest BCUT2D eigenvalue weighted by atomic mass is 32.2. The number of H-pyrrole nitrogens is 1. The van der Waals surface area contributed by atoms with Crippen LogP contribution in [0.2, 0.25) is 0 Å². The van der Waals surface area contributed by atoms with Crippen molar-refractivity contribution in [2.75, 3.05) is 12.4 Å². The van der Waals surface area contributed by atoms with Crippen molar-refractivity contribution in [3.63, 3.8) is 0 Å². The van der Waals surface area contributed by atoms with E-state index in [1.807, 2.05) is 18.2 Å². The molecule has 3 aromatic rings. The minimum atomic E-state index is -0.165. The number of aryl methyl sites for hydroxylation is 1. The topological polar surface area (TPSA) is 97.7 Å². The smallest absolute Gasteiger partial charge is 0.272 e. The molecule has 31 heavy (non-hydrogen) atoms. The van der Waals surface area contributed by atoms with Gasteiger partial charge in [-0.25, -0.2) is 0 Å². The Hall–Kier alpha value is -2.65. The number of nitrogens with zero attached hydrogens (tertiary/aromatic N) is 4. The van der Waals surface area contributed by atoms with E-state index >= 15 is 0 Å². The van der Waals surface area contributed by atoms with Crippen LogP contribution in [-0.2, 0) is 30.7 Å². The van der Waals surface area contributed by atoms with Crippen molar-refractivity contribution in [2.45, 2.75) is 56.5 Å². The molecule has 2 aromatic heterocycles. The molecular formula is C22H26N6O2S. The molecule has 5 rings (SSSR count). The predicted molar refractivity (Wildman–Crippen MR) is 117 cm³/mol. The number of benzene rings is 1. The first-order chi connectivity index (χ1) is 15.3. The quantitative estimate of drug-likeness (QED) is 0.525. The zero-order valence-electron chi connectivity index (χ0n) is 17.3. The van der Waals surface area contributed by atoms with Gasteiger partial charge in [0.25, 0.3) is 5.91 Å². The highest BCUT2D eigenvalue weighted by molar-refractivity contribution is 7.99. The fraction of sp³-hybridized carbons (Fsp3) is 0.455. The Balaban J connectivity index is 1.31. The number of carbonyl (C=O) groups excluding carboxylic acids is 1. The zero-order chi connectivity index (χ0) is 21.0. The molecule has 3 heterocycles. The van der Waals surface area contributed by atoms with E-state index < -0.39 is 0 Å². The predicted octanol–water partition coefficient (Wildman–Crippen LogP) is 2.74. The van der Waals surface area contributed by atoms with Crippen molar-refractivity contribution in [2.24, 2.45) is 0 Å². The maximum atomic E-state index is 12.7. The lowest BCUT2D eigenvalue weighted by Gasteiger charge is -2.12. The summed E-state index contributed by atoms with van der Waals surface area (Å²) in [6, 6.07) is 10.2. The van der Waals surface area contributed by atoms with Gasteiger partial charge in [0.1, 0.15) is 0 Å². The summed E-state index contributed by atoms with van der Waals surface area (Å²) in [4.78, 5) is 12.7. The van der Waals surface area contributed by atoms with Crippen molar-refractivity contribution in [3.05, 3.63) is 58.7 Å². The van der Waals surface area contributed by atoms with Crippen LogP contribution in [0, 0.1) is 0 Å². The number of amides is 1. The summed E-state index contributed by atoms with van der Waals surface area (Å²) in [5.41, 5.74) is 3.81. The number of rotatable bonds is 8. The van der Waals surface area contributed by atoms with Gasteiger partial charge in [0.15, 0.2) is 16.7 Å². The minimum Gasteiger partial charge on any atom is -0.377 e. The Morgan fingerprint density at radius 3 is 2.97 bits per heavy atom. The van der Waals surface area contributed by atoms with Crippen molar-refractivity contribution >= 4 is 17.7 Å². The largest absolute Gasteiger partial charge is 0.377 e. The number of hydrogen-bond donors (Lipinski definition) is 2. The normalized spacial score (nSPS) is 17.7. The summed E-state index contributed by atoms with van der Waals surface area (Å²) in [6.07, 6.45) is 5.43. The van der Waals surface area contributed by atoms with E-state index in [4.69, 9.17) is 4.74 Å². The molecular weight excluding hydrogens is 412 g/mol. The molecule has 1 fully saturated rings. The van der Waals surface area contributed by atoms with Gasteiger partial charge in [0.05, 0.1) is 19.2 Å². The molecule has 9 heteroatoms. The third-order valence-electron chi connectivity index (χ3n) is 5.83. The van der Waals surface area contributed by atoms with Gasteiger partial charge >= 0.3 is 0 Å². The molecule has 0 radical (unpaired) electrons. The molecule has 0 bridgehead atoms. The molecule has 1 saturated heterocycles. The summed E-state index contributed by atoms with van der Waals surface area (Å²) in [5.74, 6) is 1.43. The van der Waals surface area contributed by atoms with Crippen LogP contribution in [0.3, 0.4) is 0 Å². The van der Waals surface area contributed by atoms with E-state index in [2.05, 4.69) is 42.4 Å². The van der Waals surface area contributed by atoms with Crippen LogP contribution in [0.1, 0.15) is 52.4 Å². The first-order valence-corrected chi connectivity index (χ1v) is 11.8. The summed E-state index contributed by atoms with van der Waals surface area (Å²) in [5, 5.41) is 19.9. The highest BCUT2D eigenvalue weighted by Gasteiger charge is 2.24. The average molecular weight is 439 g/mol. The van der Waals surface area contributed by atoms with Crippen molar-refractivity contribution in [1.82, 2.24) is 30.3 Å². The maximum absolute atomic E-state index is 12.7. The molecule has 1 amide bonds. The molecule has 0 spiro atoms. The zero-order valence-corrected chi connectivity index (χ0v) is 18.2. The fourth-order valence-corrected chi connectivity index (χ4v) is 5.20. The van der Waals surface area contributed by atoms with E-state index in [0.717, 1.165) is 66.7 Å². The number of fused-ring (bicyclic) bond motifs is 1. The molecule has 1 atom stereocenters. The molecule has 2 aliphatic rings. The van der Waals surface area contributed by atoms with Gasteiger partial charge < -0.3 is 14.6 Å². The summed E-state index contributed by atoms with van der Waals surface area (Å²) >= 11 is 1.67. The molecule has 162 valence electrons. The standard InChI is InChI=1S/C22H26N6O2S/c29-21(20-17-9-4-10-18(17)24-26-20)23-12-19-25-27-22(31-14-16-8-5-11-30-16)28(19)13-15-6-2-1-3-7-15/h1-3,6-7,16H,4-5,8-14H2,(H,23,29)(H,24,26). The van der Waals surface area contributed by atoms with Gasteiger partial charge in [0, 0.05) is 23.6 Å². The van der Waals surface area contributed by atoms with Gasteiger partial charge in [-0.1, -0.05) is 42.1 Å². The molecule has 1 aliphatic heterocycles. The summed E-state index contributed by atoms with van der Waals surface area (Å²) in [6.45, 7) is 1.81. The van der Waals surface area contributed by atoms with Crippen molar-refractivity contribution in [3.8, 4) is 0 Å². The fourth-order valence-electron chi connectivity index (χ4n) is 4.17. The molecule has 1 aliphatic carbocycles. The second kappa shape index (κ2) is 9.23. The molecule has 1 unspecified atom stereocenters. The average Bonchev–Trinajstić information content (AvgIpc) is 3.57. The highest BCUT2D eigenvalue weighted by Crippen LogP contribution is 2.25. The van der Waals surface area contributed by atoms with Gasteiger partial charge in [0.2, 0.25) is 0 Å². The molecule has 2 N–H and O–H groups in total. The van der Waals surface area contributed by atoms with Crippen LogP contribution in [0.15, 0.2) is 35.5 Å². The Bertz CT molecular complexity index is 1040. The van der Waals surface area contributed by atoms with Crippen LogP contribution >= 0.6 is 11.8 Å². The summed E-state index contributed by atoms with van der Waals surface area (Å²) in [7, 11) is 0. The van der Waals surface area contributed by atoms with Gasteiger partial charge in [-0.2, -0.15) is 5.10 Å². The van der Waals surface area contributed by atoms with Gasteiger partial charge in [-0.05, 0) is 37.7 Å². The van der Waals surface area contributed by atoms with Crippen LogP contribution in [0.5, 0.6) is 0 Å². The second-order valence-electron chi connectivity index (χ2n) is 7.98. The number of aromatic amines is 1. The third-order valence-corrected chi connectivity index (χ3v) is 6.93. The Labute approximate surface area is 185 Å². The summed E-state index contributed by atoms with van der Waals surface area (Å²) < 4.78 is 7.84. The van der Waals surface area contributed by atoms with E-state index in [0.29, 0.717) is 18.8 Å². The van der Waals surface area contributed by atoms with E-state index in [9.17, 15) is 4.79 Å². The lowest BCUT2D eigenvalue weighted by molar-refractivity contribution is 0.0943. The van der Waals surface area contributed by atoms with E-state index in [-0.39, 0.29) is 12.0 Å². The lowest BCUT2D eigenvalue weighted by atomic mass is 10.2. The van der Waals surface area contributed by atoms with Crippen LogP contribution in [0.25, 0.3) is 0 Å². The Kier molecular flexibility index (Phi) is 6.04. The number of ether oxygens (including phenoxy) is 1. The maximum Gasteiger partial charge on any atom is 0.272 e. The minimum absolute atomic E-state index is 0.165. The lowest BCUT2D eigenvalue weighted by Crippen LogP contribution is -2.26. The monoisotopic (exact) mass is 438 g/mol. The van der Waals surface area contributed by atoms with Crippen LogP contribution in [-0.4, -0.2) is 49.3 Å². The van der Waals surface area contributed by atoms with Gasteiger partial charge in [-0.3, -0.25) is 9.89 Å². The molecule has 1 aromatic carbocycles. The van der Waals surface area contributed by atoms with Crippen molar-refractivity contribution in [1.29, 1.82) is 0 Å². The Morgan fingerprint density at radius 1 is 1.23 bits per heavy atom. The number of nitrogens with one attached hydrogen (secondary N) is 2. The van der Waals surface area contributed by atoms with Crippen LogP contribution < -0.4 is 5.32 Å². The van der Waals surface area contributed by atoms with Crippen LogP contribution in [0.4, 0.5) is 0 Å². The number of thioether (sulfide) groups is 1. The molecule has 0 saturated carbocycles. The van der Waals surface area contributed by atoms with Gasteiger partial charge in [-0.15, -0.1) is 10.2 Å². The number of hydrogen-bond acceptors (Lipinski definition) is 6. The van der Waals surface area contributed by atoms with Crippen molar-refractivity contribution < 1.29 is 9.53 Å². The molecule has 8 nitrogen and oxygen atoms in total. The Morgan fingerprint density at radius 2 is 2.13 bits per heavy atom. The van der Waals surface area contributed by atoms with E-state index in [1.54, 1.807) is 11.8 Å². The number of carbonyl (C=O) groups is 1. The third kappa shape index (κ3) is 4.52. The first kappa shape index (κ1) is 20.3.